The molecule has 3 unspecified atom stereocenters. The van der Waals surface area contributed by atoms with Gasteiger partial charge in [0.25, 0.3) is 0 Å². The summed E-state index contributed by atoms with van der Waals surface area (Å²) in [5.41, 5.74) is 1.21. The van der Waals surface area contributed by atoms with Crippen molar-refractivity contribution in [3.63, 3.8) is 0 Å². The molecule has 2 aliphatic heterocycles. The zero-order valence-electron chi connectivity index (χ0n) is 12.2. The van der Waals surface area contributed by atoms with Crippen LogP contribution in [0.15, 0.2) is 30.3 Å². The van der Waals surface area contributed by atoms with Crippen molar-refractivity contribution in [1.29, 1.82) is 0 Å². The van der Waals surface area contributed by atoms with Crippen LogP contribution in [0.3, 0.4) is 0 Å². The van der Waals surface area contributed by atoms with Gasteiger partial charge in [-0.3, -0.25) is 15.0 Å². The van der Waals surface area contributed by atoms with Crippen LogP contribution in [-0.4, -0.2) is 41.7 Å². The predicted molar refractivity (Wildman–Crippen MR) is 79.6 cm³/mol. The van der Waals surface area contributed by atoms with E-state index in [2.05, 4.69) is 17.0 Å². The summed E-state index contributed by atoms with van der Waals surface area (Å²) in [6, 6.07) is 9.68. The molecule has 2 saturated heterocycles. The molecule has 0 aromatic heterocycles. The number of ether oxygens (including phenoxy) is 1. The second-order valence-corrected chi connectivity index (χ2v) is 6.10. The fourth-order valence-electron chi connectivity index (χ4n) is 3.56. The van der Waals surface area contributed by atoms with Gasteiger partial charge in [-0.2, -0.15) is 0 Å². The third-order valence-electron chi connectivity index (χ3n) is 4.62. The summed E-state index contributed by atoms with van der Waals surface area (Å²) in [4.78, 5) is 13.5. The fraction of sp³-hybridized carbons (Fsp3) is 0.625. The first-order valence-corrected chi connectivity index (χ1v) is 7.75. The Morgan fingerprint density at radius 2 is 2.05 bits per heavy atom. The van der Waals surface area contributed by atoms with E-state index in [1.54, 1.807) is 0 Å². The van der Waals surface area contributed by atoms with Crippen LogP contribution in [0.1, 0.15) is 24.8 Å². The summed E-state index contributed by atoms with van der Waals surface area (Å²) >= 11 is 0. The molecule has 0 amide bonds. The van der Waals surface area contributed by atoms with Crippen LogP contribution in [0.2, 0.25) is 0 Å². The lowest BCUT2D eigenvalue weighted by atomic mass is 9.92. The van der Waals surface area contributed by atoms with Gasteiger partial charge in [0.05, 0.1) is 18.6 Å². The summed E-state index contributed by atoms with van der Waals surface area (Å²) in [6.07, 6.45) is 3.24. The highest BCUT2D eigenvalue weighted by Gasteiger charge is 2.45. The van der Waals surface area contributed by atoms with E-state index in [1.165, 1.54) is 5.56 Å². The Morgan fingerprint density at radius 1 is 1.24 bits per heavy atom. The highest BCUT2D eigenvalue weighted by atomic mass is 16.6. The average molecular weight is 290 g/mol. The first kappa shape index (κ1) is 14.5. The Bertz CT molecular complexity index is 474. The minimum atomic E-state index is -0.489. The van der Waals surface area contributed by atoms with Gasteiger partial charge in [-0.05, 0) is 24.8 Å². The van der Waals surface area contributed by atoms with E-state index in [9.17, 15) is 10.1 Å². The number of hydrogen-bond acceptors (Lipinski definition) is 4. The van der Waals surface area contributed by atoms with Gasteiger partial charge >= 0.3 is 0 Å². The van der Waals surface area contributed by atoms with E-state index in [-0.39, 0.29) is 16.9 Å². The van der Waals surface area contributed by atoms with Crippen molar-refractivity contribution in [3.8, 4) is 0 Å². The molecule has 2 aliphatic rings. The zero-order chi connectivity index (χ0) is 14.7. The van der Waals surface area contributed by atoms with Crippen molar-refractivity contribution >= 4 is 0 Å². The van der Waals surface area contributed by atoms with Crippen molar-refractivity contribution < 1.29 is 9.66 Å². The standard InChI is InChI=1S/C16H22N2O3/c19-18(20)15-12-17(10-13-6-2-1-3-7-13)11-14(15)16-8-4-5-9-21-16/h1-3,6-7,14-16H,4-5,8-12H2. The van der Waals surface area contributed by atoms with Crippen LogP contribution in [0.5, 0.6) is 0 Å². The van der Waals surface area contributed by atoms with E-state index >= 15 is 0 Å². The molecule has 0 N–H and O–H groups in total. The Balaban J connectivity index is 1.67. The number of nitrogens with zero attached hydrogens (tertiary/aromatic N) is 2. The molecule has 2 heterocycles. The van der Waals surface area contributed by atoms with Crippen molar-refractivity contribution in [2.24, 2.45) is 5.92 Å². The maximum atomic E-state index is 11.4. The Morgan fingerprint density at radius 3 is 2.71 bits per heavy atom. The molecule has 114 valence electrons. The highest BCUT2D eigenvalue weighted by molar-refractivity contribution is 5.14. The van der Waals surface area contributed by atoms with Crippen LogP contribution in [0.25, 0.3) is 0 Å². The Labute approximate surface area is 125 Å². The second-order valence-electron chi connectivity index (χ2n) is 6.10. The van der Waals surface area contributed by atoms with Crippen LogP contribution < -0.4 is 0 Å². The van der Waals surface area contributed by atoms with E-state index in [0.717, 1.165) is 39.0 Å². The smallest absolute Gasteiger partial charge is 0.232 e. The lowest BCUT2D eigenvalue weighted by Crippen LogP contribution is -2.39. The molecule has 1 aromatic rings. The van der Waals surface area contributed by atoms with Crippen molar-refractivity contribution in [1.82, 2.24) is 4.90 Å². The normalized spacial score (nSPS) is 30.4. The van der Waals surface area contributed by atoms with E-state index in [0.29, 0.717) is 6.54 Å². The van der Waals surface area contributed by atoms with Gasteiger partial charge in [0.1, 0.15) is 0 Å². The maximum absolute atomic E-state index is 11.4. The van der Waals surface area contributed by atoms with E-state index in [1.807, 2.05) is 18.2 Å². The largest absolute Gasteiger partial charge is 0.378 e. The molecule has 21 heavy (non-hydrogen) atoms. The quantitative estimate of drug-likeness (QED) is 0.631. The van der Waals surface area contributed by atoms with Gasteiger partial charge in [0.2, 0.25) is 6.04 Å². The third-order valence-corrected chi connectivity index (χ3v) is 4.62. The summed E-state index contributed by atoms with van der Waals surface area (Å²) in [5, 5.41) is 11.4. The lowest BCUT2D eigenvalue weighted by molar-refractivity contribution is -0.528. The summed E-state index contributed by atoms with van der Waals surface area (Å²) in [5.74, 6) is 0.0315. The summed E-state index contributed by atoms with van der Waals surface area (Å²) < 4.78 is 5.81. The first-order chi connectivity index (χ1) is 10.2. The van der Waals surface area contributed by atoms with Gasteiger partial charge in [0, 0.05) is 24.6 Å². The molecule has 3 rings (SSSR count). The van der Waals surface area contributed by atoms with E-state index in [4.69, 9.17) is 4.74 Å². The van der Waals surface area contributed by atoms with Gasteiger partial charge in [0.15, 0.2) is 0 Å². The molecule has 0 saturated carbocycles. The van der Waals surface area contributed by atoms with Gasteiger partial charge in [-0.25, -0.2) is 0 Å². The van der Waals surface area contributed by atoms with Gasteiger partial charge in [-0.15, -0.1) is 0 Å². The molecule has 0 aliphatic carbocycles. The zero-order valence-corrected chi connectivity index (χ0v) is 12.2. The first-order valence-electron chi connectivity index (χ1n) is 7.75. The van der Waals surface area contributed by atoms with Crippen LogP contribution in [0, 0.1) is 16.0 Å². The topological polar surface area (TPSA) is 55.6 Å². The lowest BCUT2D eigenvalue weighted by Gasteiger charge is -2.28. The van der Waals surface area contributed by atoms with Crippen LogP contribution in [-0.2, 0) is 11.3 Å². The number of rotatable bonds is 4. The highest BCUT2D eigenvalue weighted by Crippen LogP contribution is 2.30. The molecule has 0 radical (unpaired) electrons. The summed E-state index contributed by atoms with van der Waals surface area (Å²) in [6.45, 7) is 2.84. The molecule has 0 bridgehead atoms. The number of hydrogen-bond donors (Lipinski definition) is 0. The molecule has 1 aromatic carbocycles. The van der Waals surface area contributed by atoms with Crippen LogP contribution >= 0.6 is 0 Å². The maximum Gasteiger partial charge on any atom is 0.232 e. The number of benzene rings is 1. The molecule has 5 nitrogen and oxygen atoms in total. The molecular formula is C16H22N2O3. The fourth-order valence-corrected chi connectivity index (χ4v) is 3.56. The van der Waals surface area contributed by atoms with Gasteiger partial charge < -0.3 is 4.74 Å². The van der Waals surface area contributed by atoms with Crippen molar-refractivity contribution in [2.45, 2.75) is 38.0 Å². The minimum Gasteiger partial charge on any atom is -0.378 e. The molecule has 2 fully saturated rings. The average Bonchev–Trinajstić information content (AvgIpc) is 2.93. The second kappa shape index (κ2) is 6.54. The third kappa shape index (κ3) is 3.41. The van der Waals surface area contributed by atoms with E-state index < -0.39 is 6.04 Å². The monoisotopic (exact) mass is 290 g/mol. The Hall–Kier alpha value is -1.46. The predicted octanol–water partition coefficient (Wildman–Crippen LogP) is 2.33. The number of likely N-dealkylation sites (tertiary alicyclic amines) is 1. The van der Waals surface area contributed by atoms with Crippen molar-refractivity contribution in [2.75, 3.05) is 19.7 Å². The SMILES string of the molecule is O=[N+]([O-])C1CN(Cc2ccccc2)CC1C1CCCCO1. The van der Waals surface area contributed by atoms with Crippen LogP contribution in [0.4, 0.5) is 0 Å². The Kier molecular flexibility index (Phi) is 4.51. The molecule has 0 spiro atoms. The van der Waals surface area contributed by atoms with Crippen molar-refractivity contribution in [3.05, 3.63) is 46.0 Å². The molecule has 5 heteroatoms. The molecular weight excluding hydrogens is 268 g/mol. The minimum absolute atomic E-state index is 0.0315. The molecule has 3 atom stereocenters. The summed E-state index contributed by atoms with van der Waals surface area (Å²) in [7, 11) is 0. The number of nitro groups is 1. The van der Waals surface area contributed by atoms with Gasteiger partial charge in [-0.1, -0.05) is 30.3 Å².